The van der Waals surface area contributed by atoms with Crippen molar-refractivity contribution in [2.24, 2.45) is 0 Å². The molecule has 0 aromatic heterocycles. The third-order valence-corrected chi connectivity index (χ3v) is 5.08. The molecule has 0 spiro atoms. The minimum absolute atomic E-state index is 0.0126. The van der Waals surface area contributed by atoms with E-state index in [0.717, 1.165) is 5.56 Å². The molecule has 32 heavy (non-hydrogen) atoms. The van der Waals surface area contributed by atoms with E-state index in [1.54, 1.807) is 29.2 Å². The molecule has 1 fully saturated rings. The zero-order valence-electron chi connectivity index (χ0n) is 18.2. The fourth-order valence-corrected chi connectivity index (χ4v) is 3.46. The van der Waals surface area contributed by atoms with Gasteiger partial charge >= 0.3 is 11.8 Å². The summed E-state index contributed by atoms with van der Waals surface area (Å²) in [7, 11) is 0. The van der Waals surface area contributed by atoms with E-state index in [9.17, 15) is 14.4 Å². The van der Waals surface area contributed by atoms with Crippen molar-refractivity contribution in [2.45, 2.75) is 25.9 Å². The van der Waals surface area contributed by atoms with Gasteiger partial charge in [-0.2, -0.15) is 0 Å². The van der Waals surface area contributed by atoms with E-state index in [2.05, 4.69) is 10.6 Å². The van der Waals surface area contributed by atoms with Gasteiger partial charge in [0.25, 0.3) is 0 Å². The predicted molar refractivity (Wildman–Crippen MR) is 120 cm³/mol. The maximum Gasteiger partial charge on any atom is 0.313 e. The van der Waals surface area contributed by atoms with Crippen molar-refractivity contribution < 1.29 is 23.9 Å². The molecule has 2 aromatic carbocycles. The average molecular weight is 440 g/mol. The maximum atomic E-state index is 12.6. The van der Waals surface area contributed by atoms with Gasteiger partial charge in [-0.1, -0.05) is 42.5 Å². The zero-order chi connectivity index (χ0) is 22.8. The first kappa shape index (κ1) is 23.3. The van der Waals surface area contributed by atoms with E-state index in [0.29, 0.717) is 44.2 Å². The largest absolute Gasteiger partial charge is 0.492 e. The second-order valence-electron chi connectivity index (χ2n) is 7.35. The molecule has 170 valence electrons. The second-order valence-corrected chi connectivity index (χ2v) is 7.35. The molecule has 1 heterocycles. The van der Waals surface area contributed by atoms with Crippen molar-refractivity contribution in [2.75, 3.05) is 38.2 Å². The molecule has 2 aromatic rings. The molecule has 1 atom stereocenters. The molecule has 0 radical (unpaired) electrons. The summed E-state index contributed by atoms with van der Waals surface area (Å²) in [6, 6.07) is 16.8. The van der Waals surface area contributed by atoms with Gasteiger partial charge in [0, 0.05) is 19.5 Å². The lowest BCUT2D eigenvalue weighted by Gasteiger charge is -2.33. The fourth-order valence-electron chi connectivity index (χ4n) is 3.46. The van der Waals surface area contributed by atoms with E-state index in [1.165, 1.54) is 0 Å². The lowest BCUT2D eigenvalue weighted by molar-refractivity contribution is -0.139. The number of nitrogens with zero attached hydrogens (tertiary/aromatic N) is 1. The van der Waals surface area contributed by atoms with Crippen LogP contribution in [-0.2, 0) is 19.1 Å². The number of hydrogen-bond donors (Lipinski definition) is 2. The number of rotatable bonds is 8. The van der Waals surface area contributed by atoms with Crippen molar-refractivity contribution >= 4 is 23.4 Å². The first-order valence-corrected chi connectivity index (χ1v) is 10.8. The van der Waals surface area contributed by atoms with Crippen LogP contribution in [-0.4, -0.2) is 55.5 Å². The van der Waals surface area contributed by atoms with Gasteiger partial charge in [0.2, 0.25) is 5.91 Å². The standard InChI is InChI=1S/C24H29N3O5/c1-2-31-20-12-7-6-11-19(20)26-24(30)23(29)25-14-8-13-22(28)27-15-16-32-21(17-27)18-9-4-3-5-10-18/h3-7,9-12,21H,2,8,13-17H2,1H3,(H,25,29)(H,26,30). The summed E-state index contributed by atoms with van der Waals surface area (Å²) in [5, 5.41) is 5.11. The number of morpholine rings is 1. The number of para-hydroxylation sites is 2. The molecule has 0 aliphatic carbocycles. The van der Waals surface area contributed by atoms with Gasteiger partial charge in [0.05, 0.1) is 25.4 Å². The maximum absolute atomic E-state index is 12.6. The van der Waals surface area contributed by atoms with Crippen LogP contribution in [0.3, 0.4) is 0 Å². The van der Waals surface area contributed by atoms with E-state index in [-0.39, 0.29) is 25.0 Å². The molecule has 0 saturated carbocycles. The van der Waals surface area contributed by atoms with Crippen LogP contribution in [0.4, 0.5) is 5.69 Å². The van der Waals surface area contributed by atoms with Crippen LogP contribution in [0.1, 0.15) is 31.4 Å². The van der Waals surface area contributed by atoms with Gasteiger partial charge in [-0.05, 0) is 31.0 Å². The number of amides is 3. The molecule has 0 bridgehead atoms. The molecular formula is C24H29N3O5. The van der Waals surface area contributed by atoms with Crippen LogP contribution in [0.25, 0.3) is 0 Å². The Kier molecular flexibility index (Phi) is 8.62. The number of ether oxygens (including phenoxy) is 2. The summed E-state index contributed by atoms with van der Waals surface area (Å²) < 4.78 is 11.2. The lowest BCUT2D eigenvalue weighted by Crippen LogP contribution is -2.42. The summed E-state index contributed by atoms with van der Waals surface area (Å²) in [6.45, 7) is 4.07. The molecule has 8 heteroatoms. The number of hydrogen-bond acceptors (Lipinski definition) is 5. The Morgan fingerprint density at radius 1 is 1.06 bits per heavy atom. The highest BCUT2D eigenvalue weighted by Gasteiger charge is 2.25. The fraction of sp³-hybridized carbons (Fsp3) is 0.375. The monoisotopic (exact) mass is 439 g/mol. The van der Waals surface area contributed by atoms with Crippen molar-refractivity contribution in [3.8, 4) is 5.75 Å². The highest BCUT2D eigenvalue weighted by Crippen LogP contribution is 2.24. The molecule has 1 saturated heterocycles. The first-order valence-electron chi connectivity index (χ1n) is 10.8. The minimum Gasteiger partial charge on any atom is -0.492 e. The molecule has 8 nitrogen and oxygen atoms in total. The van der Waals surface area contributed by atoms with Gasteiger partial charge < -0.3 is 25.0 Å². The number of benzene rings is 2. The minimum atomic E-state index is -0.776. The van der Waals surface area contributed by atoms with Gasteiger partial charge in [0.15, 0.2) is 0 Å². The van der Waals surface area contributed by atoms with Gasteiger partial charge in [-0.25, -0.2) is 0 Å². The SMILES string of the molecule is CCOc1ccccc1NC(=O)C(=O)NCCCC(=O)N1CCOC(c2ccccc2)C1. The Balaban J connectivity index is 1.39. The Bertz CT molecular complexity index is 919. The van der Waals surface area contributed by atoms with Crippen molar-refractivity contribution in [3.63, 3.8) is 0 Å². The van der Waals surface area contributed by atoms with Crippen LogP contribution in [0.15, 0.2) is 54.6 Å². The average Bonchev–Trinajstić information content (AvgIpc) is 2.83. The topological polar surface area (TPSA) is 97.0 Å². The summed E-state index contributed by atoms with van der Waals surface area (Å²) in [5.74, 6) is -1.01. The lowest BCUT2D eigenvalue weighted by atomic mass is 10.1. The van der Waals surface area contributed by atoms with E-state index < -0.39 is 11.8 Å². The van der Waals surface area contributed by atoms with Crippen molar-refractivity contribution in [3.05, 3.63) is 60.2 Å². The summed E-state index contributed by atoms with van der Waals surface area (Å²) in [4.78, 5) is 38.6. The van der Waals surface area contributed by atoms with Crippen LogP contribution < -0.4 is 15.4 Å². The molecule has 2 N–H and O–H groups in total. The van der Waals surface area contributed by atoms with E-state index >= 15 is 0 Å². The highest BCUT2D eigenvalue weighted by atomic mass is 16.5. The normalized spacial score (nSPS) is 15.7. The van der Waals surface area contributed by atoms with Crippen molar-refractivity contribution in [1.82, 2.24) is 10.2 Å². The van der Waals surface area contributed by atoms with Gasteiger partial charge in [-0.15, -0.1) is 0 Å². The second kappa shape index (κ2) is 11.9. The van der Waals surface area contributed by atoms with Crippen molar-refractivity contribution in [1.29, 1.82) is 0 Å². The highest BCUT2D eigenvalue weighted by molar-refractivity contribution is 6.39. The molecule has 1 aliphatic heterocycles. The van der Waals surface area contributed by atoms with Crippen LogP contribution in [0.5, 0.6) is 5.75 Å². The summed E-state index contributed by atoms with van der Waals surface area (Å²) in [5.41, 5.74) is 1.49. The number of nitrogens with one attached hydrogen (secondary N) is 2. The number of carbonyl (C=O) groups excluding carboxylic acids is 3. The Morgan fingerprint density at radius 2 is 1.81 bits per heavy atom. The third kappa shape index (κ3) is 6.55. The van der Waals surface area contributed by atoms with Crippen LogP contribution >= 0.6 is 0 Å². The van der Waals surface area contributed by atoms with E-state index in [4.69, 9.17) is 9.47 Å². The quantitative estimate of drug-likeness (QED) is 0.487. The smallest absolute Gasteiger partial charge is 0.313 e. The van der Waals surface area contributed by atoms with Crippen LogP contribution in [0, 0.1) is 0 Å². The summed E-state index contributed by atoms with van der Waals surface area (Å²) >= 11 is 0. The number of anilines is 1. The van der Waals surface area contributed by atoms with Gasteiger partial charge in [0.1, 0.15) is 11.9 Å². The molecule has 3 amide bonds. The molecule has 1 aliphatic rings. The Labute approximate surface area is 187 Å². The third-order valence-electron chi connectivity index (χ3n) is 5.08. The first-order chi connectivity index (χ1) is 15.6. The Hall–Kier alpha value is -3.39. The Morgan fingerprint density at radius 3 is 2.59 bits per heavy atom. The van der Waals surface area contributed by atoms with Gasteiger partial charge in [-0.3, -0.25) is 14.4 Å². The molecule has 1 unspecified atom stereocenters. The number of carbonyl (C=O) groups is 3. The zero-order valence-corrected chi connectivity index (χ0v) is 18.2. The van der Waals surface area contributed by atoms with E-state index in [1.807, 2.05) is 37.3 Å². The molecular weight excluding hydrogens is 410 g/mol. The van der Waals surface area contributed by atoms with Crippen LogP contribution in [0.2, 0.25) is 0 Å². The predicted octanol–water partition coefficient (Wildman–Crippen LogP) is 2.52. The molecule has 3 rings (SSSR count). The summed E-state index contributed by atoms with van der Waals surface area (Å²) in [6.07, 6.45) is 0.606.